The number of hydrogen-bond acceptors (Lipinski definition) is 2. The summed E-state index contributed by atoms with van der Waals surface area (Å²) >= 11 is 0. The molecule has 0 amide bonds. The molecule has 0 aromatic rings. The van der Waals surface area contributed by atoms with E-state index in [2.05, 4.69) is 0 Å². The van der Waals surface area contributed by atoms with E-state index in [9.17, 15) is 0 Å². The number of aliphatic hydroxyl groups excluding tert-OH is 1. The van der Waals surface area contributed by atoms with Crippen molar-refractivity contribution in [2.24, 2.45) is 0 Å². The van der Waals surface area contributed by atoms with Gasteiger partial charge in [0.15, 0.2) is 9.76 Å². The van der Waals surface area contributed by atoms with Crippen molar-refractivity contribution >= 4 is 9.76 Å². The SMILES string of the molecule is CCO[SiH2]CCO. The number of hydrogen-bond donors (Lipinski definition) is 1. The van der Waals surface area contributed by atoms with Crippen LogP contribution in [0.25, 0.3) is 0 Å². The van der Waals surface area contributed by atoms with Gasteiger partial charge in [-0.2, -0.15) is 0 Å². The van der Waals surface area contributed by atoms with Gasteiger partial charge in [-0.15, -0.1) is 0 Å². The van der Waals surface area contributed by atoms with Crippen molar-refractivity contribution in [1.29, 1.82) is 0 Å². The second-order valence-corrected chi connectivity index (χ2v) is 2.80. The van der Waals surface area contributed by atoms with Crippen molar-refractivity contribution < 1.29 is 9.53 Å². The molecule has 0 saturated heterocycles. The number of rotatable bonds is 4. The van der Waals surface area contributed by atoms with E-state index in [1.807, 2.05) is 6.92 Å². The molecule has 0 aliphatic rings. The van der Waals surface area contributed by atoms with Crippen molar-refractivity contribution in [3.8, 4) is 0 Å². The lowest BCUT2D eigenvalue weighted by molar-refractivity contribution is 0.302. The second-order valence-electron chi connectivity index (χ2n) is 1.27. The first kappa shape index (κ1) is 7.14. The standard InChI is InChI=1S/C4H12O2Si/c1-2-6-7-4-3-5/h5H,2-4,7H2,1H3. The summed E-state index contributed by atoms with van der Waals surface area (Å²) in [7, 11) is -0.339. The Hall–Kier alpha value is 0.137. The predicted molar refractivity (Wildman–Crippen MR) is 32.1 cm³/mol. The zero-order chi connectivity index (χ0) is 5.54. The minimum absolute atomic E-state index is 0.298. The first-order valence-corrected chi connectivity index (χ1v) is 4.18. The van der Waals surface area contributed by atoms with E-state index in [0.29, 0.717) is 6.61 Å². The molecule has 0 fully saturated rings. The fourth-order valence-corrected chi connectivity index (χ4v) is 0.933. The van der Waals surface area contributed by atoms with E-state index in [-0.39, 0.29) is 9.76 Å². The van der Waals surface area contributed by atoms with Gasteiger partial charge in [-0.1, -0.05) is 0 Å². The van der Waals surface area contributed by atoms with Crippen LogP contribution in [0.3, 0.4) is 0 Å². The minimum atomic E-state index is -0.339. The van der Waals surface area contributed by atoms with Gasteiger partial charge in [-0.3, -0.25) is 0 Å². The highest BCUT2D eigenvalue weighted by Gasteiger charge is 1.81. The highest BCUT2D eigenvalue weighted by Crippen LogP contribution is 1.75. The van der Waals surface area contributed by atoms with E-state index in [1.165, 1.54) is 0 Å². The van der Waals surface area contributed by atoms with Gasteiger partial charge < -0.3 is 9.53 Å². The summed E-state index contributed by atoms with van der Waals surface area (Å²) in [5.41, 5.74) is 0. The zero-order valence-electron chi connectivity index (χ0n) is 4.68. The van der Waals surface area contributed by atoms with Gasteiger partial charge in [0.25, 0.3) is 0 Å². The van der Waals surface area contributed by atoms with E-state index in [4.69, 9.17) is 9.53 Å². The van der Waals surface area contributed by atoms with E-state index >= 15 is 0 Å². The lowest BCUT2D eigenvalue weighted by atomic mass is 10.9. The van der Waals surface area contributed by atoms with Crippen LogP contribution in [0.5, 0.6) is 0 Å². The summed E-state index contributed by atoms with van der Waals surface area (Å²) in [5, 5.41) is 8.25. The lowest BCUT2D eigenvalue weighted by Crippen LogP contribution is -1.98. The highest BCUT2D eigenvalue weighted by atomic mass is 28.2. The average Bonchev–Trinajstić information content (AvgIpc) is 1.69. The molecule has 1 N–H and O–H groups in total. The van der Waals surface area contributed by atoms with Crippen LogP contribution in [0.4, 0.5) is 0 Å². The normalized spacial score (nSPS) is 11.1. The monoisotopic (exact) mass is 120 g/mol. The molecular formula is C4H12O2Si. The third-order valence-corrected chi connectivity index (χ3v) is 1.95. The Kier molecular flexibility index (Phi) is 6.26. The van der Waals surface area contributed by atoms with Crippen molar-refractivity contribution in [2.45, 2.75) is 13.0 Å². The maximum absolute atomic E-state index is 8.25. The smallest absolute Gasteiger partial charge is 0.163 e. The molecule has 0 atom stereocenters. The van der Waals surface area contributed by atoms with Gasteiger partial charge in [-0.05, 0) is 13.0 Å². The Morgan fingerprint density at radius 1 is 1.71 bits per heavy atom. The van der Waals surface area contributed by atoms with Crippen molar-refractivity contribution in [2.75, 3.05) is 13.2 Å². The Morgan fingerprint density at radius 2 is 2.43 bits per heavy atom. The van der Waals surface area contributed by atoms with Crippen LogP contribution in [-0.2, 0) is 4.43 Å². The topological polar surface area (TPSA) is 29.5 Å². The molecule has 0 rings (SSSR count). The van der Waals surface area contributed by atoms with E-state index in [1.54, 1.807) is 0 Å². The first-order valence-electron chi connectivity index (χ1n) is 2.60. The van der Waals surface area contributed by atoms with Gasteiger partial charge in [0.05, 0.1) is 0 Å². The van der Waals surface area contributed by atoms with Gasteiger partial charge in [0.1, 0.15) is 0 Å². The van der Waals surface area contributed by atoms with Gasteiger partial charge >= 0.3 is 0 Å². The quantitative estimate of drug-likeness (QED) is 0.401. The third kappa shape index (κ3) is 6.14. The number of aliphatic hydroxyl groups is 1. The molecule has 0 saturated carbocycles. The molecule has 0 heterocycles. The summed E-state index contributed by atoms with van der Waals surface area (Å²) in [6, 6.07) is 0.897. The third-order valence-electron chi connectivity index (χ3n) is 0.651. The van der Waals surface area contributed by atoms with Crippen LogP contribution < -0.4 is 0 Å². The molecule has 0 aliphatic carbocycles. The molecule has 0 aromatic heterocycles. The van der Waals surface area contributed by atoms with Gasteiger partial charge in [0, 0.05) is 13.2 Å². The maximum atomic E-state index is 8.25. The van der Waals surface area contributed by atoms with Crippen molar-refractivity contribution in [3.63, 3.8) is 0 Å². The molecule has 0 unspecified atom stereocenters. The van der Waals surface area contributed by atoms with Crippen LogP contribution in [0.15, 0.2) is 0 Å². The molecule has 0 aromatic carbocycles. The second kappa shape index (κ2) is 6.14. The van der Waals surface area contributed by atoms with Crippen LogP contribution >= 0.6 is 0 Å². The lowest BCUT2D eigenvalue weighted by Gasteiger charge is -1.93. The summed E-state index contributed by atoms with van der Waals surface area (Å²) < 4.78 is 5.05. The maximum Gasteiger partial charge on any atom is 0.163 e. The van der Waals surface area contributed by atoms with Crippen molar-refractivity contribution in [1.82, 2.24) is 0 Å². The molecule has 2 nitrogen and oxygen atoms in total. The Balaban J connectivity index is 2.45. The Morgan fingerprint density at radius 3 is 2.86 bits per heavy atom. The fraction of sp³-hybridized carbons (Fsp3) is 1.00. The molecule has 0 spiro atoms. The average molecular weight is 120 g/mol. The van der Waals surface area contributed by atoms with Crippen LogP contribution in [0.1, 0.15) is 6.92 Å². The van der Waals surface area contributed by atoms with E-state index < -0.39 is 0 Å². The van der Waals surface area contributed by atoms with Crippen molar-refractivity contribution in [3.05, 3.63) is 0 Å². The molecule has 0 bridgehead atoms. The predicted octanol–water partition coefficient (Wildman–Crippen LogP) is -0.483. The first-order chi connectivity index (χ1) is 3.41. The largest absolute Gasteiger partial charge is 0.424 e. The van der Waals surface area contributed by atoms with Crippen LogP contribution in [-0.4, -0.2) is 28.1 Å². The molecule has 44 valence electrons. The van der Waals surface area contributed by atoms with Gasteiger partial charge in [-0.25, -0.2) is 0 Å². The highest BCUT2D eigenvalue weighted by molar-refractivity contribution is 6.27. The minimum Gasteiger partial charge on any atom is -0.424 e. The Labute approximate surface area is 46.4 Å². The van der Waals surface area contributed by atoms with Crippen LogP contribution in [0, 0.1) is 0 Å². The zero-order valence-corrected chi connectivity index (χ0v) is 6.10. The molecule has 3 heteroatoms. The summed E-state index contributed by atoms with van der Waals surface area (Å²) in [5.74, 6) is 0. The molecular weight excluding hydrogens is 108 g/mol. The Bertz CT molecular complexity index is 28.9. The van der Waals surface area contributed by atoms with Crippen LogP contribution in [0.2, 0.25) is 6.04 Å². The summed E-state index contributed by atoms with van der Waals surface area (Å²) in [6.45, 7) is 3.09. The molecule has 0 radical (unpaired) electrons. The molecule has 0 aliphatic heterocycles. The van der Waals surface area contributed by atoms with Gasteiger partial charge in [0.2, 0.25) is 0 Å². The fourth-order valence-electron chi connectivity index (χ4n) is 0.311. The molecule has 7 heavy (non-hydrogen) atoms. The van der Waals surface area contributed by atoms with E-state index in [0.717, 1.165) is 12.7 Å². The summed E-state index contributed by atoms with van der Waals surface area (Å²) in [6.07, 6.45) is 0. The summed E-state index contributed by atoms with van der Waals surface area (Å²) in [4.78, 5) is 0.